The number of aliphatic hydroxyl groups is 1. The lowest BCUT2D eigenvalue weighted by molar-refractivity contribution is 0.200. The van der Waals surface area contributed by atoms with Crippen molar-refractivity contribution in [3.8, 4) is 0 Å². The van der Waals surface area contributed by atoms with Crippen LogP contribution in [0.3, 0.4) is 0 Å². The molecule has 0 saturated heterocycles. The van der Waals surface area contributed by atoms with Gasteiger partial charge < -0.3 is 5.11 Å². The number of hydrogen-bond acceptors (Lipinski definition) is 2. The number of aryl methyl sites for hydroxylation is 1. The summed E-state index contributed by atoms with van der Waals surface area (Å²) in [7, 11) is 0. The summed E-state index contributed by atoms with van der Waals surface area (Å²) in [5.41, 5.74) is 1.92. The maximum atomic E-state index is 9.38. The van der Waals surface area contributed by atoms with Gasteiger partial charge in [0.05, 0.1) is 5.69 Å². The SMILES string of the molecule is CCc1ccc([C@H](O)CBr)nc1. The zero-order chi connectivity index (χ0) is 8.97. The van der Waals surface area contributed by atoms with Crippen LogP contribution in [0, 0.1) is 0 Å². The molecule has 12 heavy (non-hydrogen) atoms. The highest BCUT2D eigenvalue weighted by molar-refractivity contribution is 9.09. The third kappa shape index (κ3) is 2.29. The Morgan fingerprint density at radius 3 is 2.75 bits per heavy atom. The summed E-state index contributed by atoms with van der Waals surface area (Å²) in [6, 6.07) is 3.86. The quantitative estimate of drug-likeness (QED) is 0.806. The second kappa shape index (κ2) is 4.58. The Kier molecular flexibility index (Phi) is 3.69. The molecule has 0 bridgehead atoms. The average Bonchev–Trinajstić information content (AvgIpc) is 2.17. The van der Waals surface area contributed by atoms with E-state index in [0.717, 1.165) is 12.1 Å². The third-order valence-electron chi connectivity index (χ3n) is 1.74. The predicted octanol–water partition coefficient (Wildman–Crippen LogP) is 2.07. The van der Waals surface area contributed by atoms with Gasteiger partial charge in [-0.25, -0.2) is 0 Å². The first-order chi connectivity index (χ1) is 5.77. The molecule has 1 aromatic heterocycles. The Morgan fingerprint density at radius 1 is 1.58 bits per heavy atom. The van der Waals surface area contributed by atoms with Crippen molar-refractivity contribution in [3.05, 3.63) is 29.6 Å². The number of hydrogen-bond donors (Lipinski definition) is 1. The first kappa shape index (κ1) is 9.68. The van der Waals surface area contributed by atoms with E-state index in [-0.39, 0.29) is 0 Å². The summed E-state index contributed by atoms with van der Waals surface area (Å²) < 4.78 is 0. The van der Waals surface area contributed by atoms with Crippen molar-refractivity contribution in [2.24, 2.45) is 0 Å². The molecule has 0 aromatic carbocycles. The molecular formula is C9H12BrNO. The van der Waals surface area contributed by atoms with Crippen molar-refractivity contribution in [2.75, 3.05) is 5.33 Å². The smallest absolute Gasteiger partial charge is 0.106 e. The Hall–Kier alpha value is -0.410. The lowest BCUT2D eigenvalue weighted by Gasteiger charge is -2.05. The fourth-order valence-corrected chi connectivity index (χ4v) is 1.25. The largest absolute Gasteiger partial charge is 0.386 e. The van der Waals surface area contributed by atoms with Crippen LogP contribution in [0.2, 0.25) is 0 Å². The molecule has 1 aromatic rings. The van der Waals surface area contributed by atoms with Gasteiger partial charge in [0.25, 0.3) is 0 Å². The van der Waals surface area contributed by atoms with Gasteiger partial charge in [0.2, 0.25) is 0 Å². The minimum absolute atomic E-state index is 0.490. The van der Waals surface area contributed by atoms with Gasteiger partial charge in [-0.3, -0.25) is 4.98 Å². The van der Waals surface area contributed by atoms with E-state index in [1.165, 1.54) is 5.56 Å². The van der Waals surface area contributed by atoms with Crippen LogP contribution in [0.15, 0.2) is 18.3 Å². The molecule has 2 nitrogen and oxygen atoms in total. The molecule has 0 aliphatic rings. The number of rotatable bonds is 3. The van der Waals surface area contributed by atoms with E-state index in [4.69, 9.17) is 0 Å². The zero-order valence-corrected chi connectivity index (χ0v) is 8.58. The van der Waals surface area contributed by atoms with Gasteiger partial charge in [0.15, 0.2) is 0 Å². The highest BCUT2D eigenvalue weighted by Gasteiger charge is 2.05. The maximum Gasteiger partial charge on any atom is 0.106 e. The molecule has 3 heteroatoms. The number of nitrogens with zero attached hydrogens (tertiary/aromatic N) is 1. The summed E-state index contributed by atoms with van der Waals surface area (Å²) in [6.07, 6.45) is 2.30. The van der Waals surface area contributed by atoms with Crippen molar-refractivity contribution in [2.45, 2.75) is 19.4 Å². The summed E-state index contributed by atoms with van der Waals surface area (Å²) in [6.45, 7) is 2.08. The van der Waals surface area contributed by atoms with Crippen LogP contribution >= 0.6 is 15.9 Å². The van der Waals surface area contributed by atoms with Gasteiger partial charge in [-0.1, -0.05) is 28.9 Å². The molecule has 66 valence electrons. The zero-order valence-electron chi connectivity index (χ0n) is 7.00. The molecule has 1 atom stereocenters. The average molecular weight is 230 g/mol. The van der Waals surface area contributed by atoms with Crippen LogP contribution < -0.4 is 0 Å². The highest BCUT2D eigenvalue weighted by Crippen LogP contribution is 2.12. The van der Waals surface area contributed by atoms with Crippen LogP contribution in [0.1, 0.15) is 24.3 Å². The first-order valence-corrected chi connectivity index (χ1v) is 5.09. The van der Waals surface area contributed by atoms with E-state index in [0.29, 0.717) is 5.33 Å². The van der Waals surface area contributed by atoms with E-state index in [1.807, 2.05) is 12.1 Å². The fourth-order valence-electron chi connectivity index (χ4n) is 0.921. The van der Waals surface area contributed by atoms with Crippen molar-refractivity contribution in [3.63, 3.8) is 0 Å². The molecule has 0 aliphatic carbocycles. The summed E-state index contributed by atoms with van der Waals surface area (Å²) in [5.74, 6) is 0. The monoisotopic (exact) mass is 229 g/mol. The molecule has 1 rings (SSSR count). The lowest BCUT2D eigenvalue weighted by Crippen LogP contribution is -2.01. The van der Waals surface area contributed by atoms with Crippen molar-refractivity contribution in [1.82, 2.24) is 4.98 Å². The van der Waals surface area contributed by atoms with Crippen LogP contribution in [0.4, 0.5) is 0 Å². The summed E-state index contributed by atoms with van der Waals surface area (Å²) in [5, 5.41) is 9.92. The van der Waals surface area contributed by atoms with Gasteiger partial charge in [0, 0.05) is 11.5 Å². The molecule has 0 spiro atoms. The molecular weight excluding hydrogens is 218 g/mol. The molecule has 0 unspecified atom stereocenters. The van der Waals surface area contributed by atoms with Gasteiger partial charge in [-0.15, -0.1) is 0 Å². The number of aromatic nitrogens is 1. The van der Waals surface area contributed by atoms with E-state index in [2.05, 4.69) is 27.8 Å². The Labute approximate surface area is 80.8 Å². The Balaban J connectivity index is 2.77. The van der Waals surface area contributed by atoms with Crippen LogP contribution in [-0.2, 0) is 6.42 Å². The molecule has 1 heterocycles. The topological polar surface area (TPSA) is 33.1 Å². The highest BCUT2D eigenvalue weighted by atomic mass is 79.9. The molecule has 0 aliphatic heterocycles. The summed E-state index contributed by atoms with van der Waals surface area (Å²) in [4.78, 5) is 4.14. The third-order valence-corrected chi connectivity index (χ3v) is 2.36. The maximum absolute atomic E-state index is 9.38. The number of halogens is 1. The van der Waals surface area contributed by atoms with Crippen molar-refractivity contribution in [1.29, 1.82) is 0 Å². The van der Waals surface area contributed by atoms with E-state index in [9.17, 15) is 5.11 Å². The van der Waals surface area contributed by atoms with E-state index < -0.39 is 6.10 Å². The van der Waals surface area contributed by atoms with Crippen molar-refractivity contribution < 1.29 is 5.11 Å². The van der Waals surface area contributed by atoms with Gasteiger partial charge in [-0.2, -0.15) is 0 Å². The number of pyridine rings is 1. The Bertz CT molecular complexity index is 235. The Morgan fingerprint density at radius 2 is 2.33 bits per heavy atom. The van der Waals surface area contributed by atoms with Gasteiger partial charge in [0.1, 0.15) is 6.10 Å². The normalized spacial score (nSPS) is 12.9. The van der Waals surface area contributed by atoms with Crippen LogP contribution in [0.5, 0.6) is 0 Å². The minimum atomic E-state index is -0.490. The molecule has 0 amide bonds. The standard InChI is InChI=1S/C9H12BrNO/c1-2-7-3-4-8(11-6-7)9(12)5-10/h3-4,6,9,12H,2,5H2,1H3/t9-/m1/s1. The number of aliphatic hydroxyl groups excluding tert-OH is 1. The van der Waals surface area contributed by atoms with Gasteiger partial charge in [-0.05, 0) is 18.1 Å². The second-order valence-electron chi connectivity index (χ2n) is 2.61. The minimum Gasteiger partial charge on any atom is -0.386 e. The molecule has 1 N–H and O–H groups in total. The van der Waals surface area contributed by atoms with Crippen LogP contribution in [0.25, 0.3) is 0 Å². The predicted molar refractivity (Wildman–Crippen MR) is 52.4 cm³/mol. The first-order valence-electron chi connectivity index (χ1n) is 3.96. The van der Waals surface area contributed by atoms with Crippen LogP contribution in [-0.4, -0.2) is 15.4 Å². The summed E-state index contributed by atoms with van der Waals surface area (Å²) >= 11 is 3.20. The van der Waals surface area contributed by atoms with E-state index >= 15 is 0 Å². The fraction of sp³-hybridized carbons (Fsp3) is 0.444. The second-order valence-corrected chi connectivity index (χ2v) is 3.26. The lowest BCUT2D eigenvalue weighted by atomic mass is 10.2. The molecule has 0 saturated carbocycles. The molecule has 0 fully saturated rings. The van der Waals surface area contributed by atoms with E-state index in [1.54, 1.807) is 6.20 Å². The van der Waals surface area contributed by atoms with Gasteiger partial charge >= 0.3 is 0 Å². The number of alkyl halides is 1. The van der Waals surface area contributed by atoms with Crippen molar-refractivity contribution >= 4 is 15.9 Å². The molecule has 0 radical (unpaired) electrons.